The van der Waals surface area contributed by atoms with Gasteiger partial charge >= 0.3 is 0 Å². The van der Waals surface area contributed by atoms with Gasteiger partial charge in [0, 0.05) is 59.1 Å². The molecule has 4 heteroatoms. The van der Waals surface area contributed by atoms with E-state index in [1.54, 1.807) is 0 Å². The van der Waals surface area contributed by atoms with Crippen LogP contribution in [0.4, 0.5) is 0 Å². The van der Waals surface area contributed by atoms with Crippen LogP contribution in [0, 0.1) is 11.8 Å². The molecule has 12 aromatic rings. The monoisotopic (exact) mass is 868 g/mol. The first kappa shape index (κ1) is 39.1. The Morgan fingerprint density at radius 3 is 2.06 bits per heavy atom. The third-order valence-corrected chi connectivity index (χ3v) is 15.9. The molecule has 3 nitrogen and oxygen atoms in total. The van der Waals surface area contributed by atoms with Gasteiger partial charge in [0.15, 0.2) is 0 Å². The molecule has 0 bridgehead atoms. The second-order valence-corrected chi connectivity index (χ2v) is 19.6. The predicted octanol–water partition coefficient (Wildman–Crippen LogP) is 17.6. The minimum Gasteiger partial charge on any atom is -0.456 e. The number of rotatable bonds is 6. The maximum atomic E-state index is 6.89. The number of benzene rings is 9. The molecule has 0 radical (unpaired) electrons. The number of aromatic nitrogens is 1. The minimum absolute atomic E-state index is 0.0777. The van der Waals surface area contributed by atoms with Crippen molar-refractivity contribution in [2.75, 3.05) is 0 Å². The maximum Gasteiger partial charge on any atom is 0.138 e. The Bertz CT molecular complexity index is 3850. The quantitative estimate of drug-likeness (QED) is 0.164. The van der Waals surface area contributed by atoms with Crippen molar-refractivity contribution >= 4 is 91.7 Å². The standard InChI is InChI=1S/C62H48N2OS/c1-3-46-47(41-28-26-40(27-29-41)39-15-5-4-6-16-39)31-25-38(2)61(63-62(46)44-30-32-59-52(34-44)49-20-11-14-24-58(49)66-59)53-36-45(37-57-60(53)50-21-10-13-23-56(50)65-57)64-54-22-12-9-19-48(54)51-33-42-17-7-8-18-43(42)35-55(51)64/h4-24,26-30,32-38,46-47,62H,3,25,31H2,1-2H3/b63-61+/t38-,46?,47?,62?/m1/s1. The summed E-state index contributed by atoms with van der Waals surface area (Å²) in [6.45, 7) is 4.80. The highest BCUT2D eigenvalue weighted by atomic mass is 32.1. The number of hydrogen-bond donors (Lipinski definition) is 0. The van der Waals surface area contributed by atoms with E-state index in [9.17, 15) is 0 Å². The fourth-order valence-corrected chi connectivity index (χ4v) is 12.6. The lowest BCUT2D eigenvalue weighted by atomic mass is 9.72. The maximum absolute atomic E-state index is 6.89. The summed E-state index contributed by atoms with van der Waals surface area (Å²) >= 11 is 1.88. The minimum atomic E-state index is -0.0777. The van der Waals surface area contributed by atoms with E-state index in [4.69, 9.17) is 9.41 Å². The molecule has 4 heterocycles. The average Bonchev–Trinajstić information content (AvgIpc) is 4.04. The predicted molar refractivity (Wildman–Crippen MR) is 281 cm³/mol. The number of para-hydroxylation sites is 2. The molecular formula is C62H48N2OS. The first-order chi connectivity index (χ1) is 32.6. The van der Waals surface area contributed by atoms with Gasteiger partial charge in [0.05, 0.1) is 22.8 Å². The molecule has 0 saturated carbocycles. The van der Waals surface area contributed by atoms with Gasteiger partial charge in [-0.05, 0) is 112 Å². The third-order valence-electron chi connectivity index (χ3n) is 14.8. The van der Waals surface area contributed by atoms with Crippen LogP contribution in [-0.2, 0) is 0 Å². The lowest BCUT2D eigenvalue weighted by Gasteiger charge is -2.36. The molecular weight excluding hydrogens is 821 g/mol. The van der Waals surface area contributed by atoms with Gasteiger partial charge in [-0.15, -0.1) is 11.3 Å². The van der Waals surface area contributed by atoms with Crippen molar-refractivity contribution in [2.24, 2.45) is 16.8 Å². The zero-order valence-corrected chi connectivity index (χ0v) is 37.9. The van der Waals surface area contributed by atoms with E-state index in [1.165, 1.54) is 80.6 Å². The molecule has 3 aromatic heterocycles. The van der Waals surface area contributed by atoms with Crippen molar-refractivity contribution in [2.45, 2.75) is 45.1 Å². The molecule has 4 atom stereocenters. The highest BCUT2D eigenvalue weighted by Crippen LogP contribution is 2.48. The SMILES string of the molecule is CCC1C(c2ccc(-c3ccccc3)cc2)CC[C@@H](C)/C(c2cc(-n3c4ccccc4c4cc5ccccc5cc43)cc3oc4ccccc4c23)=N\C1c1ccc2sc3ccccc3c2c1. The summed E-state index contributed by atoms with van der Waals surface area (Å²) in [4.78, 5) is 6.22. The highest BCUT2D eigenvalue weighted by molar-refractivity contribution is 7.25. The van der Waals surface area contributed by atoms with E-state index in [1.807, 2.05) is 11.3 Å². The van der Waals surface area contributed by atoms with Gasteiger partial charge in [-0.2, -0.15) is 0 Å². The Balaban J connectivity index is 1.05. The highest BCUT2D eigenvalue weighted by Gasteiger charge is 2.35. The van der Waals surface area contributed by atoms with Gasteiger partial charge in [-0.3, -0.25) is 4.99 Å². The van der Waals surface area contributed by atoms with Crippen LogP contribution in [0.15, 0.2) is 204 Å². The second-order valence-electron chi connectivity index (χ2n) is 18.5. The van der Waals surface area contributed by atoms with Gasteiger partial charge in [0.25, 0.3) is 0 Å². The first-order valence-corrected chi connectivity index (χ1v) is 24.4. The van der Waals surface area contributed by atoms with Crippen molar-refractivity contribution in [1.29, 1.82) is 0 Å². The molecule has 66 heavy (non-hydrogen) atoms. The zero-order chi connectivity index (χ0) is 43.9. The Hall–Kier alpha value is -7.27. The van der Waals surface area contributed by atoms with Gasteiger partial charge in [0.2, 0.25) is 0 Å². The second kappa shape index (κ2) is 15.7. The van der Waals surface area contributed by atoms with E-state index >= 15 is 0 Å². The van der Waals surface area contributed by atoms with Gasteiger partial charge < -0.3 is 8.98 Å². The summed E-state index contributed by atoms with van der Waals surface area (Å²) in [6, 6.07) is 71.8. The van der Waals surface area contributed by atoms with E-state index in [-0.39, 0.29) is 17.9 Å². The van der Waals surface area contributed by atoms with Crippen LogP contribution < -0.4 is 0 Å². The molecule has 0 amide bonds. The van der Waals surface area contributed by atoms with Gasteiger partial charge in [-0.25, -0.2) is 0 Å². The number of aliphatic imine (C=N–C) groups is 1. The summed E-state index contributed by atoms with van der Waals surface area (Å²) in [6.07, 6.45) is 3.09. The number of hydrogen-bond acceptors (Lipinski definition) is 3. The summed E-state index contributed by atoms with van der Waals surface area (Å²) in [7, 11) is 0. The zero-order valence-electron chi connectivity index (χ0n) is 37.1. The van der Waals surface area contributed by atoms with Crippen molar-refractivity contribution < 1.29 is 4.42 Å². The molecule has 3 unspecified atom stereocenters. The topological polar surface area (TPSA) is 30.4 Å². The van der Waals surface area contributed by atoms with Crippen LogP contribution in [0.25, 0.3) is 91.5 Å². The molecule has 1 aliphatic rings. The fraction of sp³-hybridized carbons (Fsp3) is 0.145. The molecule has 0 fully saturated rings. The average molecular weight is 869 g/mol. The van der Waals surface area contributed by atoms with Crippen LogP contribution in [0.5, 0.6) is 0 Å². The molecule has 1 aliphatic heterocycles. The summed E-state index contributed by atoms with van der Waals surface area (Å²) < 4.78 is 12.0. The van der Waals surface area contributed by atoms with Gasteiger partial charge in [-0.1, -0.05) is 160 Å². The normalized spacial score (nSPS) is 19.0. The summed E-state index contributed by atoms with van der Waals surface area (Å²) in [5, 5.41) is 9.88. The fourth-order valence-electron chi connectivity index (χ4n) is 11.5. The Morgan fingerprint density at radius 1 is 0.545 bits per heavy atom. The van der Waals surface area contributed by atoms with Crippen LogP contribution in [-0.4, -0.2) is 10.3 Å². The Morgan fingerprint density at radius 2 is 1.23 bits per heavy atom. The van der Waals surface area contributed by atoms with Crippen LogP contribution in [0.2, 0.25) is 0 Å². The number of thiophene rings is 1. The molecule has 0 saturated heterocycles. The molecule has 0 aliphatic carbocycles. The molecule has 13 rings (SSSR count). The largest absolute Gasteiger partial charge is 0.456 e. The van der Waals surface area contributed by atoms with Crippen molar-refractivity contribution in [3.63, 3.8) is 0 Å². The lowest BCUT2D eigenvalue weighted by molar-refractivity contribution is 0.312. The molecule has 9 aromatic carbocycles. The first-order valence-electron chi connectivity index (χ1n) is 23.6. The van der Waals surface area contributed by atoms with E-state index in [2.05, 4.69) is 213 Å². The van der Waals surface area contributed by atoms with Crippen molar-refractivity contribution in [3.05, 3.63) is 211 Å². The van der Waals surface area contributed by atoms with Crippen molar-refractivity contribution in [1.82, 2.24) is 4.57 Å². The Labute approximate surface area is 388 Å². The summed E-state index contributed by atoms with van der Waals surface area (Å²) in [5.74, 6) is 0.778. The Kier molecular flexibility index (Phi) is 9.32. The number of nitrogens with zero attached hydrogens (tertiary/aromatic N) is 2. The van der Waals surface area contributed by atoms with Crippen LogP contribution in [0.1, 0.15) is 61.8 Å². The third kappa shape index (κ3) is 6.34. The van der Waals surface area contributed by atoms with E-state index in [0.717, 1.165) is 52.6 Å². The molecule has 0 N–H and O–H groups in total. The molecule has 0 spiro atoms. The van der Waals surface area contributed by atoms with Gasteiger partial charge in [0.1, 0.15) is 11.2 Å². The summed E-state index contributed by atoms with van der Waals surface area (Å²) in [5.41, 5.74) is 12.8. The number of fused-ring (bicyclic) bond motifs is 10. The van der Waals surface area contributed by atoms with Crippen LogP contribution >= 0.6 is 11.3 Å². The smallest absolute Gasteiger partial charge is 0.138 e. The van der Waals surface area contributed by atoms with Crippen molar-refractivity contribution in [3.8, 4) is 16.8 Å². The molecule has 318 valence electrons. The van der Waals surface area contributed by atoms with Crippen LogP contribution in [0.3, 0.4) is 0 Å². The number of furan rings is 1. The van der Waals surface area contributed by atoms with E-state index in [0.29, 0.717) is 5.92 Å². The van der Waals surface area contributed by atoms with E-state index < -0.39 is 0 Å². The lowest BCUT2D eigenvalue weighted by Crippen LogP contribution is -2.27.